The quantitative estimate of drug-likeness (QED) is 0.510. The SMILES string of the molecule is Cc1noc2c(-c3cccnc3NCCN3CCOCC3)cc(-c3ccccc3)nc12. The van der Waals surface area contributed by atoms with Crippen LogP contribution in [0.5, 0.6) is 0 Å². The molecule has 7 nitrogen and oxygen atoms in total. The fourth-order valence-corrected chi connectivity index (χ4v) is 3.91. The van der Waals surface area contributed by atoms with E-state index in [0.29, 0.717) is 5.58 Å². The molecule has 1 aromatic carbocycles. The van der Waals surface area contributed by atoms with Crippen molar-refractivity contribution in [2.75, 3.05) is 44.7 Å². The molecule has 158 valence electrons. The number of nitrogens with zero attached hydrogens (tertiary/aromatic N) is 4. The molecule has 1 saturated heterocycles. The molecule has 0 radical (unpaired) electrons. The van der Waals surface area contributed by atoms with E-state index in [1.54, 1.807) is 0 Å². The molecule has 31 heavy (non-hydrogen) atoms. The highest BCUT2D eigenvalue weighted by atomic mass is 16.5. The number of aromatic nitrogens is 3. The Labute approximate surface area is 181 Å². The molecule has 1 aliphatic heterocycles. The molecule has 4 heterocycles. The van der Waals surface area contributed by atoms with Crippen LogP contribution in [0.25, 0.3) is 33.5 Å². The maximum absolute atomic E-state index is 5.69. The molecule has 0 aliphatic carbocycles. The van der Waals surface area contributed by atoms with Crippen molar-refractivity contribution in [3.05, 3.63) is 60.4 Å². The fraction of sp³-hybridized carbons (Fsp3) is 0.292. The molecule has 5 rings (SSSR count). The standard InChI is InChI=1S/C24H25N5O2/c1-17-22-23(31-28-17)20(16-21(27-22)18-6-3-2-4-7-18)19-8-5-9-25-24(19)26-10-11-29-12-14-30-15-13-29/h2-9,16H,10-15H2,1H3,(H,25,26). The predicted octanol–water partition coefficient (Wildman–Crippen LogP) is 4.00. The second kappa shape index (κ2) is 8.83. The van der Waals surface area contributed by atoms with E-state index < -0.39 is 0 Å². The fourth-order valence-electron chi connectivity index (χ4n) is 3.91. The third-order valence-corrected chi connectivity index (χ3v) is 5.58. The van der Waals surface area contributed by atoms with Gasteiger partial charge in [0.2, 0.25) is 0 Å². The van der Waals surface area contributed by atoms with Crippen LogP contribution in [0.15, 0.2) is 59.3 Å². The minimum atomic E-state index is 0.682. The number of hydrogen-bond donors (Lipinski definition) is 1. The van der Waals surface area contributed by atoms with Gasteiger partial charge in [-0.05, 0) is 25.1 Å². The Kier molecular flexibility index (Phi) is 5.60. The molecule has 1 N–H and O–H groups in total. The van der Waals surface area contributed by atoms with E-state index in [4.69, 9.17) is 14.2 Å². The van der Waals surface area contributed by atoms with E-state index in [0.717, 1.165) is 78.8 Å². The van der Waals surface area contributed by atoms with Crippen LogP contribution in [0.1, 0.15) is 5.69 Å². The number of fused-ring (bicyclic) bond motifs is 1. The van der Waals surface area contributed by atoms with E-state index in [-0.39, 0.29) is 0 Å². The molecular weight excluding hydrogens is 390 g/mol. The van der Waals surface area contributed by atoms with Gasteiger partial charge in [-0.1, -0.05) is 35.5 Å². The Bertz CT molecular complexity index is 1170. The summed E-state index contributed by atoms with van der Waals surface area (Å²) in [6.07, 6.45) is 1.81. The van der Waals surface area contributed by atoms with Crippen molar-refractivity contribution in [3.63, 3.8) is 0 Å². The molecule has 0 bridgehead atoms. The van der Waals surface area contributed by atoms with Crippen molar-refractivity contribution >= 4 is 16.9 Å². The summed E-state index contributed by atoms with van der Waals surface area (Å²) in [5, 5.41) is 7.69. The van der Waals surface area contributed by atoms with Gasteiger partial charge >= 0.3 is 0 Å². The van der Waals surface area contributed by atoms with Gasteiger partial charge in [0.05, 0.1) is 18.9 Å². The summed E-state index contributed by atoms with van der Waals surface area (Å²) in [6.45, 7) is 7.22. The lowest BCUT2D eigenvalue weighted by Crippen LogP contribution is -2.39. The summed E-state index contributed by atoms with van der Waals surface area (Å²) < 4.78 is 11.1. The van der Waals surface area contributed by atoms with Crippen molar-refractivity contribution in [2.24, 2.45) is 0 Å². The van der Waals surface area contributed by atoms with E-state index >= 15 is 0 Å². The lowest BCUT2D eigenvalue weighted by atomic mass is 10.0. The van der Waals surface area contributed by atoms with E-state index in [9.17, 15) is 0 Å². The molecule has 3 aromatic heterocycles. The van der Waals surface area contributed by atoms with Gasteiger partial charge in [0.1, 0.15) is 17.0 Å². The smallest absolute Gasteiger partial charge is 0.193 e. The first-order chi connectivity index (χ1) is 15.3. The molecule has 0 unspecified atom stereocenters. The van der Waals surface area contributed by atoms with E-state index in [1.807, 2.05) is 37.4 Å². The third kappa shape index (κ3) is 4.15. The third-order valence-electron chi connectivity index (χ3n) is 5.58. The van der Waals surface area contributed by atoms with Crippen LogP contribution in [-0.4, -0.2) is 59.4 Å². The van der Waals surface area contributed by atoms with Gasteiger partial charge in [0.15, 0.2) is 5.58 Å². The highest BCUT2D eigenvalue weighted by Crippen LogP contribution is 2.36. The highest BCUT2D eigenvalue weighted by Gasteiger charge is 2.18. The van der Waals surface area contributed by atoms with Crippen LogP contribution in [0.3, 0.4) is 0 Å². The second-order valence-corrected chi connectivity index (χ2v) is 7.65. The maximum Gasteiger partial charge on any atom is 0.193 e. The van der Waals surface area contributed by atoms with E-state index in [1.165, 1.54) is 0 Å². The van der Waals surface area contributed by atoms with Gasteiger partial charge in [0, 0.05) is 49.1 Å². The topological polar surface area (TPSA) is 76.3 Å². The second-order valence-electron chi connectivity index (χ2n) is 7.65. The van der Waals surface area contributed by atoms with Crippen molar-refractivity contribution < 1.29 is 9.26 Å². The number of anilines is 1. The molecule has 0 amide bonds. The summed E-state index contributed by atoms with van der Waals surface area (Å²) in [7, 11) is 0. The Morgan fingerprint density at radius 1 is 1.03 bits per heavy atom. The number of ether oxygens (including phenoxy) is 1. The maximum atomic E-state index is 5.69. The first-order valence-electron chi connectivity index (χ1n) is 10.6. The summed E-state index contributed by atoms with van der Waals surface area (Å²) in [4.78, 5) is 11.8. The van der Waals surface area contributed by atoms with Gasteiger partial charge < -0.3 is 14.6 Å². The van der Waals surface area contributed by atoms with Crippen LogP contribution < -0.4 is 5.32 Å². The normalized spacial score (nSPS) is 14.7. The van der Waals surface area contributed by atoms with Gasteiger partial charge in [0.25, 0.3) is 0 Å². The van der Waals surface area contributed by atoms with Crippen LogP contribution in [0.4, 0.5) is 5.82 Å². The zero-order valence-corrected chi connectivity index (χ0v) is 17.5. The van der Waals surface area contributed by atoms with Crippen molar-refractivity contribution in [3.8, 4) is 22.4 Å². The number of aryl methyl sites for hydroxylation is 1. The first-order valence-corrected chi connectivity index (χ1v) is 10.6. The molecule has 1 fully saturated rings. The summed E-state index contributed by atoms with van der Waals surface area (Å²) in [5.74, 6) is 0.830. The van der Waals surface area contributed by atoms with Crippen molar-refractivity contribution in [2.45, 2.75) is 6.92 Å². The average Bonchev–Trinajstić information content (AvgIpc) is 3.21. The predicted molar refractivity (Wildman–Crippen MR) is 121 cm³/mol. The lowest BCUT2D eigenvalue weighted by Gasteiger charge is -2.26. The van der Waals surface area contributed by atoms with Gasteiger partial charge in [-0.2, -0.15) is 0 Å². The Hall–Kier alpha value is -3.29. The zero-order valence-electron chi connectivity index (χ0n) is 17.5. The van der Waals surface area contributed by atoms with Gasteiger partial charge in [-0.25, -0.2) is 9.97 Å². The monoisotopic (exact) mass is 415 g/mol. The molecule has 4 aromatic rings. The Balaban J connectivity index is 1.50. The largest absolute Gasteiger partial charge is 0.379 e. The van der Waals surface area contributed by atoms with E-state index in [2.05, 4.69) is 44.6 Å². The van der Waals surface area contributed by atoms with Crippen molar-refractivity contribution in [1.82, 2.24) is 20.0 Å². The van der Waals surface area contributed by atoms with Crippen LogP contribution >= 0.6 is 0 Å². The molecular formula is C24H25N5O2. The Morgan fingerprint density at radius 2 is 1.87 bits per heavy atom. The van der Waals surface area contributed by atoms with Crippen LogP contribution in [0.2, 0.25) is 0 Å². The summed E-state index contributed by atoms with van der Waals surface area (Å²) in [6, 6.07) is 16.2. The summed E-state index contributed by atoms with van der Waals surface area (Å²) >= 11 is 0. The molecule has 0 atom stereocenters. The Morgan fingerprint density at radius 3 is 2.71 bits per heavy atom. The first kappa shape index (κ1) is 19.7. The van der Waals surface area contributed by atoms with Crippen LogP contribution in [0, 0.1) is 6.92 Å². The van der Waals surface area contributed by atoms with Crippen LogP contribution in [-0.2, 0) is 4.74 Å². The number of rotatable bonds is 6. The van der Waals surface area contributed by atoms with Gasteiger partial charge in [-0.15, -0.1) is 0 Å². The minimum absolute atomic E-state index is 0.682. The zero-order chi connectivity index (χ0) is 21.0. The number of morpholine rings is 1. The number of pyridine rings is 2. The average molecular weight is 415 g/mol. The minimum Gasteiger partial charge on any atom is -0.379 e. The number of nitrogens with one attached hydrogen (secondary N) is 1. The molecule has 0 spiro atoms. The van der Waals surface area contributed by atoms with Crippen molar-refractivity contribution in [1.29, 1.82) is 0 Å². The molecule has 0 saturated carbocycles. The summed E-state index contributed by atoms with van der Waals surface area (Å²) in [5.41, 5.74) is 6.09. The molecule has 7 heteroatoms. The number of benzene rings is 1. The highest BCUT2D eigenvalue weighted by molar-refractivity contribution is 5.96. The van der Waals surface area contributed by atoms with Gasteiger partial charge in [-0.3, -0.25) is 4.90 Å². The lowest BCUT2D eigenvalue weighted by molar-refractivity contribution is 0.0398. The molecule has 1 aliphatic rings. The number of hydrogen-bond acceptors (Lipinski definition) is 7.